The van der Waals surface area contributed by atoms with Gasteiger partial charge in [-0.2, -0.15) is 0 Å². The summed E-state index contributed by atoms with van der Waals surface area (Å²) in [6, 6.07) is 0. The van der Waals surface area contributed by atoms with Gasteiger partial charge in [0.15, 0.2) is 18.0 Å². The van der Waals surface area contributed by atoms with Crippen molar-refractivity contribution >= 4 is 23.5 Å². The lowest BCUT2D eigenvalue weighted by molar-refractivity contribution is -0.166. The molecule has 0 aliphatic heterocycles. The molecule has 4 rings (SSSR count). The number of aliphatic hydroxyl groups is 1. The predicted octanol–water partition coefficient (Wildman–Crippen LogP) is 2.31. The fraction of sp³-hybridized carbons (Fsp3) is 0.667. The third kappa shape index (κ3) is 2.81. The SMILES string of the molecule is C=C1[C@H](C)CC[C@]2(C)C3=C(C(=O)[C@]4(C[C@@H]4C)[C@H](OC(C)=O)C3=O)[C@H](OC(C)=O)[C@@H](O)[C@@H]12. The molecule has 0 bridgehead atoms. The maximum atomic E-state index is 13.9. The van der Waals surface area contributed by atoms with E-state index in [1.165, 1.54) is 13.8 Å². The van der Waals surface area contributed by atoms with E-state index in [1.54, 1.807) is 0 Å². The first kappa shape index (κ1) is 21.9. The van der Waals surface area contributed by atoms with E-state index in [9.17, 15) is 24.3 Å². The number of aliphatic hydroxyl groups excluding tert-OH is 1. The van der Waals surface area contributed by atoms with Crippen LogP contribution in [0.2, 0.25) is 0 Å². The van der Waals surface area contributed by atoms with Crippen molar-refractivity contribution in [2.24, 2.45) is 28.6 Å². The maximum absolute atomic E-state index is 13.9. The van der Waals surface area contributed by atoms with Gasteiger partial charge < -0.3 is 14.6 Å². The van der Waals surface area contributed by atoms with E-state index in [0.717, 1.165) is 12.0 Å². The molecule has 0 heterocycles. The lowest BCUT2D eigenvalue weighted by Gasteiger charge is -2.55. The molecule has 0 unspecified atom stereocenters. The highest BCUT2D eigenvalue weighted by Gasteiger charge is 2.73. The third-order valence-corrected chi connectivity index (χ3v) is 8.15. The molecule has 0 saturated heterocycles. The van der Waals surface area contributed by atoms with Crippen LogP contribution in [0.4, 0.5) is 0 Å². The first-order valence-corrected chi connectivity index (χ1v) is 10.9. The van der Waals surface area contributed by atoms with Crippen molar-refractivity contribution in [2.75, 3.05) is 0 Å². The summed E-state index contributed by atoms with van der Waals surface area (Å²) in [5.74, 6) is -2.63. The molecule has 2 saturated carbocycles. The van der Waals surface area contributed by atoms with Gasteiger partial charge >= 0.3 is 11.9 Å². The zero-order valence-electron chi connectivity index (χ0n) is 18.7. The zero-order chi connectivity index (χ0) is 23.0. The number of fused-ring (bicyclic) bond motifs is 2. The zero-order valence-corrected chi connectivity index (χ0v) is 18.7. The average molecular weight is 430 g/mol. The van der Waals surface area contributed by atoms with Crippen LogP contribution in [0.15, 0.2) is 23.3 Å². The van der Waals surface area contributed by atoms with Crippen molar-refractivity contribution < 1.29 is 33.8 Å². The Kier molecular flexibility index (Phi) is 4.85. The average Bonchev–Trinajstić information content (AvgIpc) is 3.34. The number of ketones is 2. The van der Waals surface area contributed by atoms with Crippen LogP contribution in [-0.2, 0) is 28.7 Å². The molecule has 168 valence electrons. The Hall–Kier alpha value is -2.28. The van der Waals surface area contributed by atoms with Crippen LogP contribution >= 0.6 is 0 Å². The lowest BCUT2D eigenvalue weighted by atomic mass is 9.50. The summed E-state index contributed by atoms with van der Waals surface area (Å²) in [7, 11) is 0. The van der Waals surface area contributed by atoms with E-state index in [4.69, 9.17) is 9.47 Å². The molecule has 0 aromatic heterocycles. The van der Waals surface area contributed by atoms with E-state index in [1.807, 2.05) is 20.8 Å². The summed E-state index contributed by atoms with van der Waals surface area (Å²) in [5.41, 5.74) is -0.916. The van der Waals surface area contributed by atoms with E-state index in [2.05, 4.69) is 6.58 Å². The summed E-state index contributed by atoms with van der Waals surface area (Å²) in [4.78, 5) is 51.5. The Labute approximate surface area is 181 Å². The van der Waals surface area contributed by atoms with Crippen LogP contribution in [0.25, 0.3) is 0 Å². The number of Topliss-reactive ketones (excluding diaryl/α,β-unsaturated/α-hetero) is 2. The molecule has 2 fully saturated rings. The largest absolute Gasteiger partial charge is 0.455 e. The van der Waals surface area contributed by atoms with Gasteiger partial charge in [0.1, 0.15) is 6.10 Å². The number of rotatable bonds is 2. The molecular formula is C24H30O7. The number of hydrogen-bond donors (Lipinski definition) is 1. The molecule has 0 radical (unpaired) electrons. The van der Waals surface area contributed by atoms with Crippen molar-refractivity contribution in [1.29, 1.82) is 0 Å². The second kappa shape index (κ2) is 6.86. The molecule has 0 aromatic carbocycles. The maximum Gasteiger partial charge on any atom is 0.303 e. The molecule has 0 amide bonds. The molecule has 7 heteroatoms. The summed E-state index contributed by atoms with van der Waals surface area (Å²) < 4.78 is 10.9. The van der Waals surface area contributed by atoms with E-state index < -0.39 is 52.8 Å². The van der Waals surface area contributed by atoms with Crippen molar-refractivity contribution in [3.63, 3.8) is 0 Å². The molecule has 1 spiro atoms. The Bertz CT molecular complexity index is 946. The Balaban J connectivity index is 1.97. The fourth-order valence-corrected chi connectivity index (χ4v) is 6.40. The lowest BCUT2D eigenvalue weighted by Crippen LogP contribution is -2.61. The first-order valence-electron chi connectivity index (χ1n) is 10.9. The minimum absolute atomic E-state index is 0.0848. The Morgan fingerprint density at radius 1 is 1.13 bits per heavy atom. The quantitative estimate of drug-likeness (QED) is 0.529. The number of carbonyl (C=O) groups excluding carboxylic acids is 4. The van der Waals surface area contributed by atoms with Crippen LogP contribution in [0, 0.1) is 28.6 Å². The van der Waals surface area contributed by atoms with E-state index in [0.29, 0.717) is 12.8 Å². The van der Waals surface area contributed by atoms with Gasteiger partial charge in [0, 0.05) is 36.3 Å². The van der Waals surface area contributed by atoms with Gasteiger partial charge in [-0.25, -0.2) is 0 Å². The Morgan fingerprint density at radius 2 is 1.71 bits per heavy atom. The highest BCUT2D eigenvalue weighted by molar-refractivity contribution is 6.20. The fourth-order valence-electron chi connectivity index (χ4n) is 6.40. The summed E-state index contributed by atoms with van der Waals surface area (Å²) in [6.45, 7) is 12.3. The highest BCUT2D eigenvalue weighted by atomic mass is 16.6. The van der Waals surface area contributed by atoms with Crippen molar-refractivity contribution in [3.05, 3.63) is 23.3 Å². The summed E-state index contributed by atoms with van der Waals surface area (Å²) in [6.07, 6.45) is -1.91. The summed E-state index contributed by atoms with van der Waals surface area (Å²) in [5, 5.41) is 11.4. The topological polar surface area (TPSA) is 107 Å². The third-order valence-electron chi connectivity index (χ3n) is 8.15. The molecule has 0 aromatic rings. The second-order valence-corrected chi connectivity index (χ2v) is 10.0. The van der Waals surface area contributed by atoms with Crippen LogP contribution in [0.1, 0.15) is 53.9 Å². The van der Waals surface area contributed by atoms with Crippen LogP contribution in [0.5, 0.6) is 0 Å². The molecule has 31 heavy (non-hydrogen) atoms. The van der Waals surface area contributed by atoms with Crippen LogP contribution < -0.4 is 0 Å². The van der Waals surface area contributed by atoms with E-state index >= 15 is 0 Å². The smallest absolute Gasteiger partial charge is 0.303 e. The van der Waals surface area contributed by atoms with E-state index in [-0.39, 0.29) is 28.8 Å². The number of carbonyl (C=O) groups is 4. The predicted molar refractivity (Wildman–Crippen MR) is 110 cm³/mol. The minimum Gasteiger partial charge on any atom is -0.455 e. The Morgan fingerprint density at radius 3 is 2.23 bits per heavy atom. The van der Waals surface area contributed by atoms with Gasteiger partial charge in [-0.15, -0.1) is 0 Å². The monoisotopic (exact) mass is 430 g/mol. The normalized spacial score (nSPS) is 44.0. The standard InChI is InChI=1S/C24H30O7/c1-10-7-8-23(6)16(12(10)3)18(27)20(30-13(4)25)15-17(23)19(28)22(31-14(5)26)24(21(15)29)9-11(24)2/h10-11,16,18,20,22,27H,3,7-9H2,1-2,4-6H3/t10-,11+,16-,18+,20+,22-,23+,24-/m1/s1. The van der Waals surface area contributed by atoms with Gasteiger partial charge in [0.05, 0.1) is 5.41 Å². The molecule has 4 aliphatic carbocycles. The number of esters is 2. The first-order chi connectivity index (χ1) is 14.4. The van der Waals surface area contributed by atoms with Gasteiger partial charge in [0.2, 0.25) is 5.78 Å². The number of hydrogen-bond acceptors (Lipinski definition) is 7. The highest BCUT2D eigenvalue weighted by Crippen LogP contribution is 2.65. The number of ether oxygens (including phenoxy) is 2. The molecule has 1 N–H and O–H groups in total. The van der Waals surface area contributed by atoms with Gasteiger partial charge in [-0.3, -0.25) is 19.2 Å². The minimum atomic E-state index is -1.24. The van der Waals surface area contributed by atoms with Crippen LogP contribution in [-0.4, -0.2) is 46.9 Å². The van der Waals surface area contributed by atoms with Crippen molar-refractivity contribution in [1.82, 2.24) is 0 Å². The molecular weight excluding hydrogens is 400 g/mol. The van der Waals surface area contributed by atoms with Crippen molar-refractivity contribution in [2.45, 2.75) is 72.2 Å². The summed E-state index contributed by atoms with van der Waals surface area (Å²) >= 11 is 0. The van der Waals surface area contributed by atoms with Gasteiger partial charge in [0.25, 0.3) is 0 Å². The second-order valence-electron chi connectivity index (χ2n) is 10.0. The van der Waals surface area contributed by atoms with Crippen LogP contribution in [0.3, 0.4) is 0 Å². The molecule has 7 nitrogen and oxygen atoms in total. The molecule has 4 aliphatic rings. The van der Waals surface area contributed by atoms with Gasteiger partial charge in [-0.05, 0) is 31.1 Å². The van der Waals surface area contributed by atoms with Crippen molar-refractivity contribution in [3.8, 4) is 0 Å². The van der Waals surface area contributed by atoms with Gasteiger partial charge in [-0.1, -0.05) is 32.9 Å². The molecule has 8 atom stereocenters.